The van der Waals surface area contributed by atoms with Crippen molar-refractivity contribution in [2.45, 2.75) is 46.6 Å². The lowest BCUT2D eigenvalue weighted by atomic mass is 9.98. The number of halogens is 1. The van der Waals surface area contributed by atoms with Crippen LogP contribution in [0.25, 0.3) is 12.2 Å². The van der Waals surface area contributed by atoms with Gasteiger partial charge in [0.05, 0.1) is 4.47 Å². The Morgan fingerprint density at radius 3 is 2.61 bits per heavy atom. The first-order valence-corrected chi connectivity index (χ1v) is 9.42. The summed E-state index contributed by atoms with van der Waals surface area (Å²) in [6, 6.07) is 2.08. The smallest absolute Gasteiger partial charge is 0.137 e. The molecule has 0 saturated carbocycles. The van der Waals surface area contributed by atoms with Gasteiger partial charge in [0.1, 0.15) is 5.75 Å². The first-order valence-electron chi connectivity index (χ1n) is 8.62. The van der Waals surface area contributed by atoms with Gasteiger partial charge >= 0.3 is 0 Å². The summed E-state index contributed by atoms with van der Waals surface area (Å²) in [7, 11) is 0. The zero-order chi connectivity index (χ0) is 16.8. The van der Waals surface area contributed by atoms with Crippen LogP contribution in [0, 0.1) is 5.92 Å². The number of benzene rings is 1. The van der Waals surface area contributed by atoms with Crippen LogP contribution >= 0.6 is 15.9 Å². The molecule has 0 aliphatic carbocycles. The van der Waals surface area contributed by atoms with Gasteiger partial charge in [-0.25, -0.2) is 0 Å². The minimum Gasteiger partial charge on any atom is -0.506 e. The SMILES string of the molecule is C\C=C/C=c1/c(CN2CCC(C)CC2)cc(Br)c(O)/c1=C\CC. The fourth-order valence-electron chi connectivity index (χ4n) is 3.12. The van der Waals surface area contributed by atoms with E-state index in [1.54, 1.807) is 0 Å². The molecule has 1 heterocycles. The van der Waals surface area contributed by atoms with E-state index in [0.29, 0.717) is 5.75 Å². The van der Waals surface area contributed by atoms with Crippen molar-refractivity contribution in [1.29, 1.82) is 0 Å². The van der Waals surface area contributed by atoms with E-state index >= 15 is 0 Å². The molecular formula is C20H28BrNO. The molecule has 1 aliphatic heterocycles. The van der Waals surface area contributed by atoms with Gasteiger partial charge in [0.15, 0.2) is 0 Å². The quantitative estimate of drug-likeness (QED) is 0.858. The molecule has 0 bridgehead atoms. The van der Waals surface area contributed by atoms with Crippen LogP contribution in [-0.2, 0) is 6.54 Å². The van der Waals surface area contributed by atoms with Gasteiger partial charge in [-0.05, 0) is 78.0 Å². The van der Waals surface area contributed by atoms with Crippen molar-refractivity contribution in [3.05, 3.63) is 38.7 Å². The van der Waals surface area contributed by atoms with Crippen molar-refractivity contribution < 1.29 is 5.11 Å². The maximum Gasteiger partial charge on any atom is 0.137 e. The van der Waals surface area contributed by atoms with Gasteiger partial charge in [-0.2, -0.15) is 0 Å². The summed E-state index contributed by atoms with van der Waals surface area (Å²) in [4.78, 5) is 2.53. The highest BCUT2D eigenvalue weighted by Gasteiger charge is 2.17. The molecule has 23 heavy (non-hydrogen) atoms. The number of phenols is 1. The number of nitrogens with zero attached hydrogens (tertiary/aromatic N) is 1. The number of likely N-dealkylation sites (tertiary alicyclic amines) is 1. The molecule has 1 aromatic carbocycles. The summed E-state index contributed by atoms with van der Waals surface area (Å²) in [6.07, 6.45) is 11.8. The number of hydrogen-bond acceptors (Lipinski definition) is 2. The molecular weight excluding hydrogens is 350 g/mol. The van der Waals surface area contributed by atoms with Crippen LogP contribution in [0.15, 0.2) is 22.7 Å². The maximum atomic E-state index is 10.4. The lowest BCUT2D eigenvalue weighted by Crippen LogP contribution is -2.37. The molecule has 0 spiro atoms. The summed E-state index contributed by atoms with van der Waals surface area (Å²) >= 11 is 3.52. The Morgan fingerprint density at radius 2 is 2.00 bits per heavy atom. The molecule has 2 rings (SSSR count). The van der Waals surface area contributed by atoms with E-state index < -0.39 is 0 Å². The molecule has 0 atom stereocenters. The average Bonchev–Trinajstić information content (AvgIpc) is 2.54. The predicted octanol–water partition coefficient (Wildman–Crippen LogP) is 3.93. The van der Waals surface area contributed by atoms with Crippen LogP contribution in [0.5, 0.6) is 5.75 Å². The summed E-state index contributed by atoms with van der Waals surface area (Å²) in [6.45, 7) is 9.73. The molecule has 2 nitrogen and oxygen atoms in total. The van der Waals surface area contributed by atoms with Gasteiger partial charge in [0, 0.05) is 11.8 Å². The topological polar surface area (TPSA) is 23.5 Å². The third-order valence-corrected chi connectivity index (χ3v) is 5.16. The van der Waals surface area contributed by atoms with E-state index in [9.17, 15) is 5.11 Å². The third-order valence-electron chi connectivity index (χ3n) is 4.55. The van der Waals surface area contributed by atoms with E-state index in [4.69, 9.17) is 0 Å². The Bertz CT molecular complexity index is 670. The zero-order valence-corrected chi connectivity index (χ0v) is 16.1. The minimum absolute atomic E-state index is 0.346. The number of hydrogen-bond donors (Lipinski definition) is 1. The molecule has 1 saturated heterocycles. The van der Waals surface area contributed by atoms with Crippen molar-refractivity contribution in [2.24, 2.45) is 5.92 Å². The van der Waals surface area contributed by atoms with E-state index in [1.807, 2.05) is 13.0 Å². The Balaban J connectivity index is 2.47. The largest absolute Gasteiger partial charge is 0.506 e. The molecule has 0 aromatic heterocycles. The van der Waals surface area contributed by atoms with Gasteiger partial charge in [0.25, 0.3) is 0 Å². The zero-order valence-electron chi connectivity index (χ0n) is 14.5. The van der Waals surface area contributed by atoms with Crippen LogP contribution in [0.4, 0.5) is 0 Å². The lowest BCUT2D eigenvalue weighted by Gasteiger charge is -2.30. The predicted molar refractivity (Wildman–Crippen MR) is 103 cm³/mol. The minimum atomic E-state index is 0.346. The van der Waals surface area contributed by atoms with Crippen molar-refractivity contribution in [1.82, 2.24) is 4.90 Å². The van der Waals surface area contributed by atoms with Crippen LogP contribution in [0.2, 0.25) is 0 Å². The Labute approximate surface area is 148 Å². The molecule has 1 fully saturated rings. The van der Waals surface area contributed by atoms with Crippen LogP contribution < -0.4 is 10.4 Å². The van der Waals surface area contributed by atoms with Crippen LogP contribution in [-0.4, -0.2) is 23.1 Å². The molecule has 3 heteroatoms. The van der Waals surface area contributed by atoms with Crippen molar-refractivity contribution >= 4 is 28.1 Å². The Hall–Kier alpha value is -1.06. The first kappa shape index (κ1) is 18.3. The molecule has 0 radical (unpaired) electrons. The van der Waals surface area contributed by atoms with Crippen LogP contribution in [0.3, 0.4) is 0 Å². The van der Waals surface area contributed by atoms with Crippen molar-refractivity contribution in [3.8, 4) is 5.75 Å². The van der Waals surface area contributed by atoms with Crippen molar-refractivity contribution in [2.75, 3.05) is 13.1 Å². The first-order chi connectivity index (χ1) is 11.1. The maximum absolute atomic E-state index is 10.4. The van der Waals surface area contributed by atoms with Crippen LogP contribution in [0.1, 0.15) is 45.6 Å². The van der Waals surface area contributed by atoms with Gasteiger partial charge < -0.3 is 5.11 Å². The average molecular weight is 378 g/mol. The Kier molecular flexibility index (Phi) is 6.91. The van der Waals surface area contributed by atoms with E-state index in [2.05, 4.69) is 59.0 Å². The van der Waals surface area contributed by atoms with Gasteiger partial charge in [-0.15, -0.1) is 0 Å². The van der Waals surface area contributed by atoms with Gasteiger partial charge in [-0.1, -0.05) is 38.2 Å². The van der Waals surface area contributed by atoms with Gasteiger partial charge in [-0.3, -0.25) is 4.90 Å². The highest BCUT2D eigenvalue weighted by atomic mass is 79.9. The summed E-state index contributed by atoms with van der Waals surface area (Å²) in [5.74, 6) is 1.19. The molecule has 1 aliphatic rings. The third kappa shape index (κ3) is 4.71. The monoisotopic (exact) mass is 377 g/mol. The van der Waals surface area contributed by atoms with Crippen molar-refractivity contribution in [3.63, 3.8) is 0 Å². The fraction of sp³-hybridized carbons (Fsp3) is 0.500. The number of piperidine rings is 1. The summed E-state index contributed by atoms with van der Waals surface area (Å²) < 4.78 is 0.787. The van der Waals surface area contributed by atoms with E-state index in [-0.39, 0.29) is 0 Å². The highest BCUT2D eigenvalue weighted by molar-refractivity contribution is 9.10. The van der Waals surface area contributed by atoms with E-state index in [1.165, 1.54) is 18.4 Å². The second-order valence-electron chi connectivity index (χ2n) is 6.46. The second-order valence-corrected chi connectivity index (χ2v) is 7.31. The number of allylic oxidation sites excluding steroid dienone is 2. The molecule has 1 N–H and O–H groups in total. The highest BCUT2D eigenvalue weighted by Crippen LogP contribution is 2.21. The number of rotatable bonds is 4. The number of phenolic OH excluding ortho intramolecular Hbond substituents is 1. The molecule has 126 valence electrons. The fourth-order valence-corrected chi connectivity index (χ4v) is 3.61. The van der Waals surface area contributed by atoms with Gasteiger partial charge in [0.2, 0.25) is 0 Å². The molecule has 0 unspecified atom stereocenters. The summed E-state index contributed by atoms with van der Waals surface area (Å²) in [5.41, 5.74) is 1.28. The lowest BCUT2D eigenvalue weighted by molar-refractivity contribution is 0.185. The normalized spacial score (nSPS) is 19.1. The standard InChI is InChI=1S/C20H28BrNO/c1-4-6-8-17-16(14-22-11-9-15(3)10-12-22)13-19(21)20(23)18(17)7-5-2/h4,6-8,13,15,23H,5,9-12,14H2,1-3H3/b6-4-,17-8-,18-7-. The summed E-state index contributed by atoms with van der Waals surface area (Å²) in [5, 5.41) is 12.5. The number of aromatic hydroxyl groups is 1. The van der Waals surface area contributed by atoms with E-state index in [0.717, 1.165) is 46.9 Å². The molecule has 1 aromatic rings. The second kappa shape index (κ2) is 8.70. The molecule has 0 amide bonds. The Morgan fingerprint density at radius 1 is 1.30 bits per heavy atom.